The van der Waals surface area contributed by atoms with E-state index in [4.69, 9.17) is 15.7 Å². The highest BCUT2D eigenvalue weighted by molar-refractivity contribution is 5.44. The quantitative estimate of drug-likeness (QED) is 0.748. The van der Waals surface area contributed by atoms with Crippen LogP contribution in [0.3, 0.4) is 0 Å². The van der Waals surface area contributed by atoms with Crippen LogP contribution in [-0.2, 0) is 6.42 Å². The average molecular weight is 364 g/mol. The number of hydrogen-bond acceptors (Lipinski definition) is 4. The maximum absolute atomic E-state index is 5.81. The Balaban J connectivity index is 1.73. The van der Waals surface area contributed by atoms with Crippen molar-refractivity contribution in [1.82, 2.24) is 19.3 Å². The minimum Gasteiger partial charge on any atom is -0.330 e. The number of imidazole rings is 1. The van der Waals surface area contributed by atoms with Crippen LogP contribution in [-0.4, -0.2) is 32.9 Å². The molecule has 3 aromatic rings. The van der Waals surface area contributed by atoms with Gasteiger partial charge in [-0.1, -0.05) is 12.1 Å². The van der Waals surface area contributed by atoms with Crippen molar-refractivity contribution in [3.63, 3.8) is 0 Å². The Morgan fingerprint density at radius 2 is 1.93 bits per heavy atom. The van der Waals surface area contributed by atoms with Crippen LogP contribution in [0.1, 0.15) is 60.4 Å². The van der Waals surface area contributed by atoms with Gasteiger partial charge < -0.3 is 10.1 Å². The van der Waals surface area contributed by atoms with Gasteiger partial charge in [-0.05, 0) is 76.4 Å². The number of pyridine rings is 2. The zero-order valence-electron chi connectivity index (χ0n) is 16.3. The number of aromatic nitrogens is 3. The first kappa shape index (κ1) is 18.1. The Hall–Kier alpha value is -2.24. The maximum atomic E-state index is 5.81. The van der Waals surface area contributed by atoms with Gasteiger partial charge in [0, 0.05) is 18.1 Å². The fourth-order valence-electron chi connectivity index (χ4n) is 4.48. The van der Waals surface area contributed by atoms with Crippen LogP contribution in [0.15, 0.2) is 42.7 Å². The van der Waals surface area contributed by atoms with E-state index in [0.29, 0.717) is 18.6 Å². The van der Waals surface area contributed by atoms with Crippen molar-refractivity contribution in [1.29, 1.82) is 0 Å². The lowest BCUT2D eigenvalue weighted by Crippen LogP contribution is -2.34. The molecular weight excluding hydrogens is 334 g/mol. The zero-order chi connectivity index (χ0) is 18.8. The van der Waals surface area contributed by atoms with Crippen LogP contribution in [0.25, 0.3) is 5.65 Å². The first-order valence-corrected chi connectivity index (χ1v) is 10.00. The standard InChI is InChI=1S/C22H29N5/c1-16-8-7-14-24-21(16)17-9-5-10-18(26(17)2)22-19(11-6-13-23)27-15-4-3-12-20(27)25-22/h3-4,7-8,12,14-15,17-18H,5-6,9-11,13,23H2,1-2H3/t17-,18+/m1/s1. The summed E-state index contributed by atoms with van der Waals surface area (Å²) in [6, 6.07) is 11.1. The molecule has 0 unspecified atom stereocenters. The molecule has 2 atom stereocenters. The zero-order valence-corrected chi connectivity index (χ0v) is 16.3. The highest BCUT2D eigenvalue weighted by Gasteiger charge is 2.34. The van der Waals surface area contributed by atoms with Crippen LogP contribution < -0.4 is 5.73 Å². The van der Waals surface area contributed by atoms with Crippen LogP contribution in [0, 0.1) is 6.92 Å². The molecule has 1 aliphatic rings. The molecule has 0 radical (unpaired) electrons. The summed E-state index contributed by atoms with van der Waals surface area (Å²) in [5, 5.41) is 0. The number of nitrogens with zero attached hydrogens (tertiary/aromatic N) is 4. The Morgan fingerprint density at radius 3 is 2.70 bits per heavy atom. The second-order valence-electron chi connectivity index (χ2n) is 7.60. The van der Waals surface area contributed by atoms with Crippen molar-refractivity contribution in [2.75, 3.05) is 13.6 Å². The monoisotopic (exact) mass is 363 g/mol. The van der Waals surface area contributed by atoms with Crippen LogP contribution in [0.4, 0.5) is 0 Å². The van der Waals surface area contributed by atoms with Gasteiger partial charge in [0.1, 0.15) is 5.65 Å². The minimum atomic E-state index is 0.317. The summed E-state index contributed by atoms with van der Waals surface area (Å²) >= 11 is 0. The normalized spacial score (nSPS) is 21.0. The predicted molar refractivity (Wildman–Crippen MR) is 109 cm³/mol. The van der Waals surface area contributed by atoms with Crippen molar-refractivity contribution in [3.8, 4) is 0 Å². The molecule has 0 aromatic carbocycles. The first-order valence-electron chi connectivity index (χ1n) is 10.00. The van der Waals surface area contributed by atoms with Crippen molar-refractivity contribution < 1.29 is 0 Å². The van der Waals surface area contributed by atoms with E-state index >= 15 is 0 Å². The van der Waals surface area contributed by atoms with Gasteiger partial charge in [-0.2, -0.15) is 0 Å². The summed E-state index contributed by atoms with van der Waals surface area (Å²) in [5.74, 6) is 0. The largest absolute Gasteiger partial charge is 0.330 e. The van der Waals surface area contributed by atoms with E-state index < -0.39 is 0 Å². The third-order valence-corrected chi connectivity index (χ3v) is 5.90. The van der Waals surface area contributed by atoms with Gasteiger partial charge in [-0.3, -0.25) is 9.88 Å². The second-order valence-corrected chi connectivity index (χ2v) is 7.60. The van der Waals surface area contributed by atoms with E-state index in [1.54, 1.807) is 0 Å². The van der Waals surface area contributed by atoms with E-state index in [1.807, 2.05) is 12.3 Å². The summed E-state index contributed by atoms with van der Waals surface area (Å²) < 4.78 is 2.24. The lowest BCUT2D eigenvalue weighted by Gasteiger charge is -2.39. The number of rotatable bonds is 5. The summed E-state index contributed by atoms with van der Waals surface area (Å²) in [7, 11) is 2.24. The van der Waals surface area contributed by atoms with Gasteiger partial charge in [0.2, 0.25) is 0 Å². The molecule has 4 rings (SSSR count). The molecular formula is C22H29N5. The SMILES string of the molecule is Cc1cccnc1[C@H]1CCC[C@@H](c2nc3ccccn3c2CCCN)N1C. The number of aryl methyl sites for hydroxylation is 2. The molecule has 2 N–H and O–H groups in total. The maximum Gasteiger partial charge on any atom is 0.137 e. The Labute approximate surface area is 161 Å². The summed E-state index contributed by atoms with van der Waals surface area (Å²) in [6.07, 6.45) is 9.47. The van der Waals surface area contributed by atoms with E-state index in [2.05, 4.69) is 53.7 Å². The smallest absolute Gasteiger partial charge is 0.137 e. The van der Waals surface area contributed by atoms with Gasteiger partial charge in [-0.25, -0.2) is 4.98 Å². The average Bonchev–Trinajstić information content (AvgIpc) is 3.05. The fourth-order valence-corrected chi connectivity index (χ4v) is 4.48. The Kier molecular flexibility index (Phi) is 5.23. The third-order valence-electron chi connectivity index (χ3n) is 5.90. The third kappa shape index (κ3) is 3.37. The molecule has 0 saturated carbocycles. The van der Waals surface area contributed by atoms with Gasteiger partial charge in [0.15, 0.2) is 0 Å². The number of piperidine rings is 1. The van der Waals surface area contributed by atoms with Crippen LogP contribution >= 0.6 is 0 Å². The summed E-state index contributed by atoms with van der Waals surface area (Å²) in [6.45, 7) is 2.87. The Bertz CT molecular complexity index is 916. The van der Waals surface area contributed by atoms with Gasteiger partial charge in [0.05, 0.1) is 23.5 Å². The molecule has 5 nitrogen and oxygen atoms in total. The van der Waals surface area contributed by atoms with E-state index in [1.165, 1.54) is 29.1 Å². The molecule has 0 bridgehead atoms. The van der Waals surface area contributed by atoms with Crippen molar-refractivity contribution >= 4 is 5.65 Å². The van der Waals surface area contributed by atoms with Crippen LogP contribution in [0.2, 0.25) is 0 Å². The van der Waals surface area contributed by atoms with Crippen molar-refractivity contribution in [2.24, 2.45) is 5.73 Å². The Morgan fingerprint density at radius 1 is 1.11 bits per heavy atom. The molecule has 27 heavy (non-hydrogen) atoms. The lowest BCUT2D eigenvalue weighted by atomic mass is 9.90. The number of likely N-dealkylation sites (tertiary alicyclic amines) is 1. The van der Waals surface area contributed by atoms with Crippen LogP contribution in [0.5, 0.6) is 0 Å². The molecule has 3 aromatic heterocycles. The summed E-state index contributed by atoms with van der Waals surface area (Å²) in [4.78, 5) is 12.3. The number of nitrogens with two attached hydrogens (primary N) is 1. The number of fused-ring (bicyclic) bond motifs is 1. The van der Waals surface area contributed by atoms with Gasteiger partial charge in [-0.15, -0.1) is 0 Å². The highest BCUT2D eigenvalue weighted by atomic mass is 15.2. The first-order chi connectivity index (χ1) is 13.2. The minimum absolute atomic E-state index is 0.317. The van der Waals surface area contributed by atoms with E-state index in [-0.39, 0.29) is 0 Å². The van der Waals surface area contributed by atoms with Crippen molar-refractivity contribution in [3.05, 3.63) is 65.4 Å². The molecule has 0 aliphatic carbocycles. The predicted octanol–water partition coefficient (Wildman–Crippen LogP) is 3.83. The number of hydrogen-bond donors (Lipinski definition) is 1. The molecule has 1 fully saturated rings. The lowest BCUT2D eigenvalue weighted by molar-refractivity contribution is 0.108. The molecule has 0 amide bonds. The molecule has 1 saturated heterocycles. The second kappa shape index (κ2) is 7.79. The summed E-state index contributed by atoms with van der Waals surface area (Å²) in [5.41, 5.74) is 11.8. The fraction of sp³-hybridized carbons (Fsp3) is 0.455. The topological polar surface area (TPSA) is 59.5 Å². The molecule has 5 heteroatoms. The molecule has 4 heterocycles. The highest BCUT2D eigenvalue weighted by Crippen LogP contribution is 2.41. The van der Waals surface area contributed by atoms with Crippen molar-refractivity contribution in [2.45, 2.75) is 51.1 Å². The molecule has 1 aliphatic heterocycles. The van der Waals surface area contributed by atoms with E-state index in [9.17, 15) is 0 Å². The van der Waals surface area contributed by atoms with Gasteiger partial charge in [0.25, 0.3) is 0 Å². The molecule has 0 spiro atoms. The van der Waals surface area contributed by atoms with E-state index in [0.717, 1.165) is 31.3 Å². The molecule has 142 valence electrons. The van der Waals surface area contributed by atoms with Gasteiger partial charge >= 0.3 is 0 Å².